The van der Waals surface area contributed by atoms with Crippen LogP contribution >= 0.6 is 11.3 Å². The van der Waals surface area contributed by atoms with E-state index >= 15 is 0 Å². The average Bonchev–Trinajstić information content (AvgIpc) is 3.01. The summed E-state index contributed by atoms with van der Waals surface area (Å²) in [5.41, 5.74) is 6.84. The van der Waals surface area contributed by atoms with Crippen molar-refractivity contribution in [2.24, 2.45) is 0 Å². The molecule has 0 atom stereocenters. The Morgan fingerprint density at radius 3 is 2.52 bits per heavy atom. The number of hydrogen-bond acceptors (Lipinski definition) is 7. The van der Waals surface area contributed by atoms with Gasteiger partial charge in [0.15, 0.2) is 5.13 Å². The lowest BCUT2D eigenvalue weighted by Gasteiger charge is -2.36. The van der Waals surface area contributed by atoms with Gasteiger partial charge in [-0.15, -0.1) is 11.3 Å². The van der Waals surface area contributed by atoms with Crippen molar-refractivity contribution in [2.45, 2.75) is 0 Å². The van der Waals surface area contributed by atoms with Crippen molar-refractivity contribution in [1.29, 1.82) is 0 Å². The SMILES string of the molecule is Nc1cc(N2CCN(c3nccs3)CC2)ccc1[N+](=O)[O-]. The minimum absolute atomic E-state index is 0.0415. The summed E-state index contributed by atoms with van der Waals surface area (Å²) in [6, 6.07) is 4.91. The van der Waals surface area contributed by atoms with Crippen molar-refractivity contribution in [3.63, 3.8) is 0 Å². The summed E-state index contributed by atoms with van der Waals surface area (Å²) in [5, 5.41) is 13.8. The molecule has 0 bridgehead atoms. The Bertz CT molecular complexity index is 638. The molecule has 8 heteroatoms. The van der Waals surface area contributed by atoms with Gasteiger partial charge < -0.3 is 15.5 Å². The van der Waals surface area contributed by atoms with Gasteiger partial charge in [-0.3, -0.25) is 10.1 Å². The summed E-state index contributed by atoms with van der Waals surface area (Å²) in [6.45, 7) is 3.45. The molecule has 0 spiro atoms. The highest BCUT2D eigenvalue weighted by atomic mass is 32.1. The summed E-state index contributed by atoms with van der Waals surface area (Å²) in [6.07, 6.45) is 1.81. The third kappa shape index (κ3) is 2.75. The fourth-order valence-corrected chi connectivity index (χ4v) is 3.13. The smallest absolute Gasteiger partial charge is 0.292 e. The molecule has 0 unspecified atom stereocenters. The molecule has 0 aliphatic carbocycles. The van der Waals surface area contributed by atoms with Crippen LogP contribution in [-0.2, 0) is 0 Å². The lowest BCUT2D eigenvalue weighted by molar-refractivity contribution is -0.383. The predicted molar refractivity (Wildman–Crippen MR) is 84.0 cm³/mol. The Labute approximate surface area is 125 Å². The number of anilines is 3. The highest BCUT2D eigenvalue weighted by Gasteiger charge is 2.20. The number of nitrogen functional groups attached to an aromatic ring is 1. The van der Waals surface area contributed by atoms with Crippen LogP contribution in [0.3, 0.4) is 0 Å². The number of hydrogen-bond donors (Lipinski definition) is 1. The molecule has 1 aliphatic heterocycles. The van der Waals surface area contributed by atoms with Gasteiger partial charge >= 0.3 is 0 Å². The van der Waals surface area contributed by atoms with Crippen LogP contribution in [0.15, 0.2) is 29.8 Å². The summed E-state index contributed by atoms with van der Waals surface area (Å²) in [7, 11) is 0. The van der Waals surface area contributed by atoms with E-state index in [0.717, 1.165) is 37.0 Å². The molecule has 2 aromatic rings. The van der Waals surface area contributed by atoms with E-state index in [1.165, 1.54) is 6.07 Å². The number of aromatic nitrogens is 1. The highest BCUT2D eigenvalue weighted by Crippen LogP contribution is 2.28. The second-order valence-corrected chi connectivity index (χ2v) is 5.66. The molecule has 21 heavy (non-hydrogen) atoms. The monoisotopic (exact) mass is 305 g/mol. The normalized spacial score (nSPS) is 15.2. The van der Waals surface area contributed by atoms with Crippen LogP contribution < -0.4 is 15.5 Å². The van der Waals surface area contributed by atoms with E-state index in [1.807, 2.05) is 11.6 Å². The average molecular weight is 305 g/mol. The van der Waals surface area contributed by atoms with E-state index in [4.69, 9.17) is 5.73 Å². The molecule has 7 nitrogen and oxygen atoms in total. The standard InChI is InChI=1S/C13H15N5O2S/c14-11-9-10(1-2-12(11)18(19)20)16-4-6-17(7-5-16)13-15-3-8-21-13/h1-3,8-9H,4-7,14H2. The molecule has 2 heterocycles. The molecular weight excluding hydrogens is 290 g/mol. The van der Waals surface area contributed by atoms with Crippen molar-refractivity contribution >= 4 is 33.5 Å². The molecule has 1 saturated heterocycles. The van der Waals surface area contributed by atoms with E-state index in [2.05, 4.69) is 14.8 Å². The van der Waals surface area contributed by atoms with E-state index in [0.29, 0.717) is 0 Å². The van der Waals surface area contributed by atoms with Gasteiger partial charge in [-0.25, -0.2) is 4.98 Å². The van der Waals surface area contributed by atoms with Crippen LogP contribution in [0.25, 0.3) is 0 Å². The van der Waals surface area contributed by atoms with Crippen molar-refractivity contribution < 1.29 is 4.92 Å². The summed E-state index contributed by atoms with van der Waals surface area (Å²) in [4.78, 5) is 19.1. The number of thiazole rings is 1. The first-order chi connectivity index (χ1) is 10.1. The lowest BCUT2D eigenvalue weighted by atomic mass is 10.2. The number of nitrogens with two attached hydrogens (primary N) is 1. The number of piperazine rings is 1. The van der Waals surface area contributed by atoms with Gasteiger partial charge in [0.1, 0.15) is 5.69 Å². The first-order valence-corrected chi connectivity index (χ1v) is 7.46. The fraction of sp³-hybridized carbons (Fsp3) is 0.308. The fourth-order valence-electron chi connectivity index (χ4n) is 2.43. The van der Waals surface area contributed by atoms with E-state index in [9.17, 15) is 10.1 Å². The van der Waals surface area contributed by atoms with E-state index in [-0.39, 0.29) is 11.4 Å². The van der Waals surface area contributed by atoms with E-state index in [1.54, 1.807) is 23.5 Å². The maximum atomic E-state index is 10.8. The minimum Gasteiger partial charge on any atom is -0.393 e. The van der Waals surface area contributed by atoms with Gasteiger partial charge in [-0.1, -0.05) is 0 Å². The molecule has 0 amide bonds. The largest absolute Gasteiger partial charge is 0.393 e. The highest BCUT2D eigenvalue weighted by molar-refractivity contribution is 7.13. The lowest BCUT2D eigenvalue weighted by Crippen LogP contribution is -2.46. The zero-order valence-electron chi connectivity index (χ0n) is 11.3. The van der Waals surface area contributed by atoms with Crippen LogP contribution in [0, 0.1) is 10.1 Å². The van der Waals surface area contributed by atoms with Crippen molar-refractivity contribution in [2.75, 3.05) is 41.7 Å². The molecule has 1 fully saturated rings. The zero-order valence-corrected chi connectivity index (χ0v) is 12.1. The second kappa shape index (κ2) is 5.57. The van der Waals surface area contributed by atoms with Gasteiger partial charge in [0.25, 0.3) is 5.69 Å². The molecule has 1 aromatic heterocycles. The van der Waals surface area contributed by atoms with Crippen LogP contribution in [0.2, 0.25) is 0 Å². The number of nitro benzene ring substituents is 1. The third-order valence-electron chi connectivity index (χ3n) is 3.54. The van der Waals surface area contributed by atoms with Crippen molar-refractivity contribution in [3.05, 3.63) is 39.9 Å². The topological polar surface area (TPSA) is 88.5 Å². The predicted octanol–water partition coefficient (Wildman–Crippen LogP) is 1.96. The number of rotatable bonds is 3. The summed E-state index contributed by atoms with van der Waals surface area (Å²) in [5.74, 6) is 0. The molecule has 3 rings (SSSR count). The van der Waals surface area contributed by atoms with Crippen LogP contribution in [0.1, 0.15) is 0 Å². The van der Waals surface area contributed by atoms with Gasteiger partial charge in [0.2, 0.25) is 0 Å². The molecule has 0 radical (unpaired) electrons. The van der Waals surface area contributed by atoms with Gasteiger partial charge in [0.05, 0.1) is 4.92 Å². The van der Waals surface area contributed by atoms with Gasteiger partial charge in [-0.2, -0.15) is 0 Å². The van der Waals surface area contributed by atoms with E-state index < -0.39 is 4.92 Å². The molecule has 110 valence electrons. The molecule has 1 aliphatic rings. The first-order valence-electron chi connectivity index (χ1n) is 6.58. The molecule has 0 saturated carbocycles. The first kappa shape index (κ1) is 13.6. The van der Waals surface area contributed by atoms with Crippen LogP contribution in [0.5, 0.6) is 0 Å². The molecule has 1 aromatic carbocycles. The Kier molecular flexibility index (Phi) is 3.61. The van der Waals surface area contributed by atoms with Crippen LogP contribution in [-0.4, -0.2) is 36.1 Å². The minimum atomic E-state index is -0.459. The Morgan fingerprint density at radius 1 is 1.24 bits per heavy atom. The van der Waals surface area contributed by atoms with Gasteiger partial charge in [0, 0.05) is 49.5 Å². The zero-order chi connectivity index (χ0) is 14.8. The number of benzene rings is 1. The summed E-state index contributed by atoms with van der Waals surface area (Å²) >= 11 is 1.64. The maximum absolute atomic E-state index is 10.8. The number of nitrogens with zero attached hydrogens (tertiary/aromatic N) is 4. The Morgan fingerprint density at radius 2 is 1.95 bits per heavy atom. The Hall–Kier alpha value is -2.35. The molecular formula is C13H15N5O2S. The van der Waals surface area contributed by atoms with Crippen LogP contribution in [0.4, 0.5) is 22.2 Å². The Balaban J connectivity index is 1.69. The van der Waals surface area contributed by atoms with Crippen molar-refractivity contribution in [1.82, 2.24) is 4.98 Å². The third-order valence-corrected chi connectivity index (χ3v) is 4.37. The number of nitro groups is 1. The second-order valence-electron chi connectivity index (χ2n) is 4.79. The van der Waals surface area contributed by atoms with Gasteiger partial charge in [-0.05, 0) is 12.1 Å². The molecule has 2 N–H and O–H groups in total. The maximum Gasteiger partial charge on any atom is 0.292 e. The quantitative estimate of drug-likeness (QED) is 0.530. The summed E-state index contributed by atoms with van der Waals surface area (Å²) < 4.78 is 0. The van der Waals surface area contributed by atoms with Crippen molar-refractivity contribution in [3.8, 4) is 0 Å².